The molecule has 0 radical (unpaired) electrons. The van der Waals surface area contributed by atoms with Gasteiger partial charge in [0.25, 0.3) is 0 Å². The first-order valence-corrected chi connectivity index (χ1v) is 13.0. The van der Waals surface area contributed by atoms with Crippen molar-refractivity contribution < 1.29 is 12.8 Å². The van der Waals surface area contributed by atoms with Crippen LogP contribution < -0.4 is 10.7 Å². The molecular weight excluding hydrogens is 497 g/mol. The molecule has 1 aromatic heterocycles. The first-order valence-electron chi connectivity index (χ1n) is 10.8. The van der Waals surface area contributed by atoms with E-state index in [1.165, 1.54) is 22.5 Å². The second-order valence-corrected chi connectivity index (χ2v) is 10.5. The van der Waals surface area contributed by atoms with Crippen molar-refractivity contribution in [2.24, 2.45) is 12.1 Å². The zero-order valence-electron chi connectivity index (χ0n) is 19.2. The molecule has 2 aromatic carbocycles. The third-order valence-electron chi connectivity index (χ3n) is 5.12. The van der Waals surface area contributed by atoms with E-state index in [1.807, 2.05) is 31.7 Å². The Morgan fingerprint density at radius 3 is 2.56 bits per heavy atom. The standard InChI is InChI=1S/C23H27ClFN5O2S2/c1-4-10-30(11-5-2)34(31,32)18-7-9-22-19(13-18)16(15-29(22)3)14-26-28-23(33)27-17-6-8-21(25)20(24)12-17/h6-9,12-15H,4-5,10-11H2,1-3H3,(H2,27,28,33)/b26-14+. The molecular formula is C23H27ClFN5O2S2. The summed E-state index contributed by atoms with van der Waals surface area (Å²) in [6.07, 6.45) is 4.92. The van der Waals surface area contributed by atoms with Gasteiger partial charge in [0.2, 0.25) is 10.0 Å². The molecule has 0 aliphatic rings. The van der Waals surface area contributed by atoms with E-state index in [0.717, 1.165) is 29.3 Å². The number of nitrogens with one attached hydrogen (secondary N) is 2. The fourth-order valence-electron chi connectivity index (χ4n) is 3.56. The summed E-state index contributed by atoms with van der Waals surface area (Å²) in [5.74, 6) is -0.519. The molecule has 2 N–H and O–H groups in total. The summed E-state index contributed by atoms with van der Waals surface area (Å²) in [4.78, 5) is 0.251. The summed E-state index contributed by atoms with van der Waals surface area (Å²) in [5, 5.41) is 7.97. The Kier molecular flexibility index (Phi) is 8.64. The van der Waals surface area contributed by atoms with Gasteiger partial charge in [-0.1, -0.05) is 25.4 Å². The van der Waals surface area contributed by atoms with Gasteiger partial charge in [0.15, 0.2) is 5.11 Å². The molecule has 0 atom stereocenters. The van der Waals surface area contributed by atoms with Crippen LogP contribution in [-0.4, -0.2) is 41.7 Å². The number of fused-ring (bicyclic) bond motifs is 1. The maximum Gasteiger partial charge on any atom is 0.243 e. The van der Waals surface area contributed by atoms with Gasteiger partial charge >= 0.3 is 0 Å². The third-order valence-corrected chi connectivity index (χ3v) is 7.50. The highest BCUT2D eigenvalue weighted by Gasteiger charge is 2.24. The molecule has 11 heteroatoms. The van der Waals surface area contributed by atoms with E-state index in [4.69, 9.17) is 23.8 Å². The predicted molar refractivity (Wildman–Crippen MR) is 141 cm³/mol. The smallest absolute Gasteiger partial charge is 0.243 e. The fourth-order valence-corrected chi connectivity index (χ4v) is 5.56. The van der Waals surface area contributed by atoms with Crippen LogP contribution in [0.2, 0.25) is 5.02 Å². The summed E-state index contributed by atoms with van der Waals surface area (Å²) >= 11 is 11.0. The van der Waals surface area contributed by atoms with Crippen molar-refractivity contribution in [1.29, 1.82) is 0 Å². The van der Waals surface area contributed by atoms with Gasteiger partial charge in [-0.15, -0.1) is 0 Å². The minimum Gasteiger partial charge on any atom is -0.350 e. The summed E-state index contributed by atoms with van der Waals surface area (Å²) in [5.41, 5.74) is 4.82. The molecule has 0 unspecified atom stereocenters. The van der Waals surface area contributed by atoms with Crippen LogP contribution in [0.3, 0.4) is 0 Å². The van der Waals surface area contributed by atoms with Crippen molar-refractivity contribution in [3.63, 3.8) is 0 Å². The highest BCUT2D eigenvalue weighted by atomic mass is 35.5. The number of aromatic nitrogens is 1. The quantitative estimate of drug-likeness (QED) is 0.232. The minimum absolute atomic E-state index is 0.0192. The molecule has 0 amide bonds. The lowest BCUT2D eigenvalue weighted by Gasteiger charge is -2.21. The number of benzene rings is 2. The third kappa shape index (κ3) is 5.93. The van der Waals surface area contributed by atoms with Crippen molar-refractivity contribution in [3.05, 3.63) is 59.0 Å². The number of sulfonamides is 1. The Hall–Kier alpha value is -2.53. The molecule has 182 valence electrons. The molecule has 0 aliphatic heterocycles. The van der Waals surface area contributed by atoms with Crippen molar-refractivity contribution >= 4 is 61.8 Å². The van der Waals surface area contributed by atoms with Gasteiger partial charge in [0.05, 0.1) is 16.1 Å². The van der Waals surface area contributed by atoms with Crippen LogP contribution in [0.4, 0.5) is 10.1 Å². The number of halogens is 2. The van der Waals surface area contributed by atoms with E-state index >= 15 is 0 Å². The van der Waals surface area contributed by atoms with Crippen molar-refractivity contribution in [1.82, 2.24) is 14.3 Å². The van der Waals surface area contributed by atoms with Crippen LogP contribution in [0.15, 0.2) is 52.6 Å². The van der Waals surface area contributed by atoms with Crippen LogP contribution in [0.5, 0.6) is 0 Å². The molecule has 0 aliphatic carbocycles. The minimum atomic E-state index is -3.60. The van der Waals surface area contributed by atoms with Gasteiger partial charge in [-0.05, 0) is 61.5 Å². The first kappa shape index (κ1) is 26.1. The number of aryl methyl sites for hydroxylation is 1. The number of rotatable bonds is 9. The van der Waals surface area contributed by atoms with Crippen LogP contribution in [0.1, 0.15) is 32.3 Å². The topological polar surface area (TPSA) is 78.7 Å². The maximum atomic E-state index is 13.3. The summed E-state index contributed by atoms with van der Waals surface area (Å²) in [6.45, 7) is 4.88. The predicted octanol–water partition coefficient (Wildman–Crippen LogP) is 5.10. The Balaban J connectivity index is 1.81. The molecule has 1 heterocycles. The molecule has 0 bridgehead atoms. The van der Waals surface area contributed by atoms with Crippen molar-refractivity contribution in [2.45, 2.75) is 31.6 Å². The number of hydrogen-bond acceptors (Lipinski definition) is 4. The van der Waals surface area contributed by atoms with Crippen molar-refractivity contribution in [2.75, 3.05) is 18.4 Å². The van der Waals surface area contributed by atoms with Gasteiger partial charge in [-0.2, -0.15) is 9.41 Å². The molecule has 0 fully saturated rings. The van der Waals surface area contributed by atoms with E-state index < -0.39 is 15.8 Å². The van der Waals surface area contributed by atoms with E-state index in [9.17, 15) is 12.8 Å². The van der Waals surface area contributed by atoms with Gasteiger partial charge < -0.3 is 9.88 Å². The molecule has 3 rings (SSSR count). The summed E-state index contributed by atoms with van der Waals surface area (Å²) in [6, 6.07) is 9.28. The average molecular weight is 524 g/mol. The summed E-state index contributed by atoms with van der Waals surface area (Å²) in [7, 11) is -1.72. The van der Waals surface area contributed by atoms with Gasteiger partial charge in [0.1, 0.15) is 5.82 Å². The van der Waals surface area contributed by atoms with Crippen LogP contribution in [-0.2, 0) is 17.1 Å². The second-order valence-electron chi connectivity index (χ2n) is 7.73. The average Bonchev–Trinajstić information content (AvgIpc) is 3.11. The molecule has 3 aromatic rings. The summed E-state index contributed by atoms with van der Waals surface area (Å²) < 4.78 is 43.2. The van der Waals surface area contributed by atoms with E-state index in [2.05, 4.69) is 15.8 Å². The highest BCUT2D eigenvalue weighted by Crippen LogP contribution is 2.25. The first-order chi connectivity index (χ1) is 16.2. The number of thiocarbonyl (C=S) groups is 1. The maximum absolute atomic E-state index is 13.3. The van der Waals surface area contributed by atoms with Crippen LogP contribution >= 0.6 is 23.8 Å². The number of hydrazone groups is 1. The lowest BCUT2D eigenvalue weighted by Crippen LogP contribution is -2.32. The Morgan fingerprint density at radius 2 is 1.91 bits per heavy atom. The van der Waals surface area contributed by atoms with Gasteiger partial charge in [-0.25, -0.2) is 12.8 Å². The number of anilines is 1. The molecule has 0 saturated heterocycles. The Bertz CT molecular complexity index is 1320. The second kappa shape index (κ2) is 11.3. The van der Waals surface area contributed by atoms with Crippen LogP contribution in [0.25, 0.3) is 10.9 Å². The molecule has 7 nitrogen and oxygen atoms in total. The molecule has 0 saturated carbocycles. The Morgan fingerprint density at radius 1 is 1.21 bits per heavy atom. The lowest BCUT2D eigenvalue weighted by atomic mass is 10.2. The fraction of sp³-hybridized carbons (Fsp3) is 0.304. The Labute approximate surface area is 209 Å². The number of nitrogens with zero attached hydrogens (tertiary/aromatic N) is 3. The largest absolute Gasteiger partial charge is 0.350 e. The highest BCUT2D eigenvalue weighted by molar-refractivity contribution is 7.89. The molecule has 34 heavy (non-hydrogen) atoms. The van der Waals surface area contributed by atoms with E-state index in [0.29, 0.717) is 18.8 Å². The van der Waals surface area contributed by atoms with E-state index in [1.54, 1.807) is 24.4 Å². The number of hydrogen-bond donors (Lipinski definition) is 2. The van der Waals surface area contributed by atoms with E-state index in [-0.39, 0.29) is 15.0 Å². The SMILES string of the molecule is CCCN(CCC)S(=O)(=O)c1ccc2c(c1)c(/C=N/NC(=S)Nc1ccc(F)c(Cl)c1)cn2C. The van der Waals surface area contributed by atoms with Gasteiger partial charge in [-0.3, -0.25) is 5.43 Å². The monoisotopic (exact) mass is 523 g/mol. The van der Waals surface area contributed by atoms with Gasteiger partial charge in [0, 0.05) is 48.5 Å². The van der Waals surface area contributed by atoms with Crippen LogP contribution in [0, 0.1) is 5.82 Å². The zero-order chi connectivity index (χ0) is 24.9. The van der Waals surface area contributed by atoms with Crippen molar-refractivity contribution in [3.8, 4) is 0 Å². The lowest BCUT2D eigenvalue weighted by molar-refractivity contribution is 0.410. The zero-order valence-corrected chi connectivity index (χ0v) is 21.6. The molecule has 0 spiro atoms. The normalized spacial score (nSPS) is 12.1.